The molecule has 0 saturated carbocycles. The summed E-state index contributed by atoms with van der Waals surface area (Å²) in [6.07, 6.45) is 0. The van der Waals surface area contributed by atoms with E-state index in [-0.39, 0.29) is 36.1 Å². The molecule has 0 heterocycles. The normalized spacial score (nSPS) is 10.0. The minimum atomic E-state index is -0.592. The van der Waals surface area contributed by atoms with Crippen molar-refractivity contribution in [3.05, 3.63) is 59.7 Å². The number of esters is 2. The summed E-state index contributed by atoms with van der Waals surface area (Å²) >= 11 is 0. The highest BCUT2D eigenvalue weighted by Gasteiger charge is 2.16. The van der Waals surface area contributed by atoms with Gasteiger partial charge in [-0.15, -0.1) is 0 Å². The van der Waals surface area contributed by atoms with Gasteiger partial charge < -0.3 is 14.2 Å². The van der Waals surface area contributed by atoms with E-state index in [1.807, 2.05) is 0 Å². The fourth-order valence-corrected chi connectivity index (χ4v) is 2.05. The Morgan fingerprint density at radius 2 is 1.72 bits per heavy atom. The number of Topliss-reactive ketones (excluding diaryl/α,β-unsaturated/α-hetero) is 1. The maximum atomic E-state index is 12.2. The molecule has 0 saturated heterocycles. The van der Waals surface area contributed by atoms with Crippen LogP contribution in [0.1, 0.15) is 34.6 Å². The summed E-state index contributed by atoms with van der Waals surface area (Å²) in [5, 5.41) is 0. The van der Waals surface area contributed by atoms with Crippen molar-refractivity contribution in [3.8, 4) is 11.5 Å². The lowest BCUT2D eigenvalue weighted by atomic mass is 10.1. The summed E-state index contributed by atoms with van der Waals surface area (Å²) in [5.74, 6) is -1.00. The van der Waals surface area contributed by atoms with E-state index in [0.717, 1.165) is 0 Å². The molecule has 0 aliphatic carbocycles. The zero-order valence-corrected chi connectivity index (χ0v) is 14.0. The van der Waals surface area contributed by atoms with Crippen molar-refractivity contribution in [3.63, 3.8) is 0 Å². The van der Waals surface area contributed by atoms with Gasteiger partial charge in [-0.2, -0.15) is 0 Å². The Balaban J connectivity index is 2.19. The molecule has 0 unspecified atom stereocenters. The van der Waals surface area contributed by atoms with Gasteiger partial charge in [0.05, 0.1) is 17.7 Å². The second-order valence-corrected chi connectivity index (χ2v) is 5.06. The summed E-state index contributed by atoms with van der Waals surface area (Å²) in [6.45, 7) is 3.04. The Kier molecular flexibility index (Phi) is 6.28. The van der Waals surface area contributed by atoms with Gasteiger partial charge >= 0.3 is 11.9 Å². The van der Waals surface area contributed by atoms with Crippen molar-refractivity contribution in [2.75, 3.05) is 13.2 Å². The van der Waals surface area contributed by atoms with Crippen molar-refractivity contribution in [1.29, 1.82) is 0 Å². The molecule has 0 atom stereocenters. The lowest BCUT2D eigenvalue weighted by Gasteiger charge is -2.11. The molecule has 0 radical (unpaired) electrons. The standard InChI is InChI=1S/C19H18O6/c1-3-23-18(21)12-24-15-9-10-16(13(2)20)17(11-15)25-19(22)14-7-5-4-6-8-14/h4-11H,3,12H2,1-2H3. The zero-order chi connectivity index (χ0) is 18.2. The Morgan fingerprint density at radius 3 is 2.36 bits per heavy atom. The van der Waals surface area contributed by atoms with Gasteiger partial charge in [0, 0.05) is 6.07 Å². The molecule has 0 bridgehead atoms. The highest BCUT2D eigenvalue weighted by atomic mass is 16.6. The molecule has 2 aromatic carbocycles. The number of carbonyl (C=O) groups is 3. The second kappa shape index (κ2) is 8.63. The lowest BCUT2D eigenvalue weighted by molar-refractivity contribution is -0.145. The van der Waals surface area contributed by atoms with Gasteiger partial charge in [0.2, 0.25) is 0 Å². The smallest absolute Gasteiger partial charge is 0.344 e. The third-order valence-electron chi connectivity index (χ3n) is 3.21. The van der Waals surface area contributed by atoms with Crippen LogP contribution in [-0.2, 0) is 9.53 Å². The fourth-order valence-electron chi connectivity index (χ4n) is 2.05. The van der Waals surface area contributed by atoms with Crippen LogP contribution in [0.5, 0.6) is 11.5 Å². The van der Waals surface area contributed by atoms with Crippen LogP contribution in [-0.4, -0.2) is 30.9 Å². The molecular formula is C19H18O6. The van der Waals surface area contributed by atoms with Gasteiger partial charge in [0.1, 0.15) is 11.5 Å². The van der Waals surface area contributed by atoms with Crippen LogP contribution in [0.25, 0.3) is 0 Å². The monoisotopic (exact) mass is 342 g/mol. The summed E-state index contributed by atoms with van der Waals surface area (Å²) in [5.41, 5.74) is 0.600. The number of rotatable bonds is 7. The second-order valence-electron chi connectivity index (χ2n) is 5.06. The summed E-state index contributed by atoms with van der Waals surface area (Å²) in [6, 6.07) is 12.8. The Bertz CT molecular complexity index is 767. The molecule has 0 N–H and O–H groups in total. The Hall–Kier alpha value is -3.15. The minimum absolute atomic E-state index is 0.0720. The van der Waals surface area contributed by atoms with Gasteiger partial charge in [0.15, 0.2) is 12.4 Å². The Morgan fingerprint density at radius 1 is 1.00 bits per heavy atom. The van der Waals surface area contributed by atoms with Crippen LogP contribution >= 0.6 is 0 Å². The lowest BCUT2D eigenvalue weighted by Crippen LogP contribution is -2.15. The van der Waals surface area contributed by atoms with Crippen LogP contribution in [0.3, 0.4) is 0 Å². The van der Waals surface area contributed by atoms with Crippen molar-refractivity contribution in [2.24, 2.45) is 0 Å². The molecule has 0 spiro atoms. The topological polar surface area (TPSA) is 78.9 Å². The molecule has 6 heteroatoms. The van der Waals surface area contributed by atoms with Crippen LogP contribution in [0.2, 0.25) is 0 Å². The predicted molar refractivity (Wildman–Crippen MR) is 90.0 cm³/mol. The number of carbonyl (C=O) groups excluding carboxylic acids is 3. The first-order valence-corrected chi connectivity index (χ1v) is 7.72. The molecule has 0 aromatic heterocycles. The van der Waals surface area contributed by atoms with E-state index in [0.29, 0.717) is 5.56 Å². The molecule has 25 heavy (non-hydrogen) atoms. The molecule has 0 amide bonds. The van der Waals surface area contributed by atoms with Crippen molar-refractivity contribution < 1.29 is 28.6 Å². The average molecular weight is 342 g/mol. The molecule has 0 fully saturated rings. The van der Waals surface area contributed by atoms with E-state index < -0.39 is 11.9 Å². The molecule has 6 nitrogen and oxygen atoms in total. The van der Waals surface area contributed by atoms with Crippen LogP contribution in [0, 0.1) is 0 Å². The van der Waals surface area contributed by atoms with E-state index in [1.54, 1.807) is 37.3 Å². The first-order chi connectivity index (χ1) is 12.0. The van der Waals surface area contributed by atoms with E-state index in [4.69, 9.17) is 14.2 Å². The summed E-state index contributed by atoms with van der Waals surface area (Å²) < 4.78 is 15.4. The van der Waals surface area contributed by atoms with Gasteiger partial charge in [-0.05, 0) is 38.1 Å². The SMILES string of the molecule is CCOC(=O)COc1ccc(C(C)=O)c(OC(=O)c2ccccc2)c1. The quantitative estimate of drug-likeness (QED) is 0.437. The van der Waals surface area contributed by atoms with E-state index in [9.17, 15) is 14.4 Å². The molecule has 2 rings (SSSR count). The van der Waals surface area contributed by atoms with Gasteiger partial charge in [0.25, 0.3) is 0 Å². The van der Waals surface area contributed by atoms with E-state index >= 15 is 0 Å². The number of hydrogen-bond donors (Lipinski definition) is 0. The van der Waals surface area contributed by atoms with Crippen molar-refractivity contribution in [1.82, 2.24) is 0 Å². The summed E-state index contributed by atoms with van der Waals surface area (Å²) in [7, 11) is 0. The number of ether oxygens (including phenoxy) is 3. The number of ketones is 1. The number of benzene rings is 2. The Labute approximate surface area is 145 Å². The van der Waals surface area contributed by atoms with E-state index in [1.165, 1.54) is 25.1 Å². The zero-order valence-electron chi connectivity index (χ0n) is 14.0. The average Bonchev–Trinajstić information content (AvgIpc) is 2.61. The van der Waals surface area contributed by atoms with Crippen molar-refractivity contribution >= 4 is 17.7 Å². The van der Waals surface area contributed by atoms with Gasteiger partial charge in [-0.1, -0.05) is 18.2 Å². The maximum absolute atomic E-state index is 12.2. The van der Waals surface area contributed by atoms with E-state index in [2.05, 4.69) is 0 Å². The highest BCUT2D eigenvalue weighted by molar-refractivity contribution is 5.99. The predicted octanol–water partition coefficient (Wildman–Crippen LogP) is 3.05. The van der Waals surface area contributed by atoms with Crippen LogP contribution in [0.15, 0.2) is 48.5 Å². The molecule has 0 aliphatic heterocycles. The fraction of sp³-hybridized carbons (Fsp3) is 0.211. The summed E-state index contributed by atoms with van der Waals surface area (Å²) in [4.78, 5) is 35.3. The number of hydrogen-bond acceptors (Lipinski definition) is 6. The highest BCUT2D eigenvalue weighted by Crippen LogP contribution is 2.26. The molecule has 0 aliphatic rings. The van der Waals surface area contributed by atoms with Crippen molar-refractivity contribution in [2.45, 2.75) is 13.8 Å². The third kappa shape index (κ3) is 5.17. The molecule has 2 aromatic rings. The van der Waals surface area contributed by atoms with Crippen LogP contribution < -0.4 is 9.47 Å². The third-order valence-corrected chi connectivity index (χ3v) is 3.21. The first-order valence-electron chi connectivity index (χ1n) is 7.72. The van der Waals surface area contributed by atoms with Crippen LogP contribution in [0.4, 0.5) is 0 Å². The van der Waals surface area contributed by atoms with Gasteiger partial charge in [-0.3, -0.25) is 4.79 Å². The molecule has 130 valence electrons. The first kappa shape index (κ1) is 18.2. The maximum Gasteiger partial charge on any atom is 0.344 e. The van der Waals surface area contributed by atoms with Gasteiger partial charge in [-0.25, -0.2) is 9.59 Å². The largest absolute Gasteiger partial charge is 0.482 e. The molecular weight excluding hydrogens is 324 g/mol. The minimum Gasteiger partial charge on any atom is -0.482 e.